The summed E-state index contributed by atoms with van der Waals surface area (Å²) in [6.07, 6.45) is 20.1. The van der Waals surface area contributed by atoms with Gasteiger partial charge in [-0.2, -0.15) is 0 Å². The molecule has 0 fully saturated rings. The molecule has 10 heteroatoms. The molecule has 240 valence electrons. The van der Waals surface area contributed by atoms with Crippen LogP contribution in [0.4, 0.5) is 21.0 Å². The second kappa shape index (κ2) is 21.4. The Kier molecular flexibility index (Phi) is 17.9. The molecule has 0 aliphatic heterocycles. The quantitative estimate of drug-likeness (QED) is 0.113. The summed E-state index contributed by atoms with van der Waals surface area (Å²) in [6, 6.07) is 11.0. The van der Waals surface area contributed by atoms with E-state index in [1.165, 1.54) is 115 Å². The Hall–Kier alpha value is -3.27. The zero-order valence-electron chi connectivity index (χ0n) is 26.0. The van der Waals surface area contributed by atoms with Gasteiger partial charge in [-0.1, -0.05) is 103 Å². The number of carbonyl (C=O) groups excluding carboxylic acids is 2. The Morgan fingerprint density at radius 2 is 1.07 bits per heavy atom. The van der Waals surface area contributed by atoms with Gasteiger partial charge >= 0.3 is 12.1 Å². The number of unbranched alkanes of at least 4 members (excludes halogenated alkanes) is 15. The van der Waals surface area contributed by atoms with E-state index in [1.807, 2.05) is 4.72 Å². The fourth-order valence-electron chi connectivity index (χ4n) is 4.70. The molecule has 0 saturated heterocycles. The molecule has 43 heavy (non-hydrogen) atoms. The summed E-state index contributed by atoms with van der Waals surface area (Å²) in [6.45, 7) is 2.63. The van der Waals surface area contributed by atoms with Crippen LogP contribution < -0.4 is 20.1 Å². The first kappa shape index (κ1) is 35.9. The Morgan fingerprint density at radius 3 is 1.53 bits per heavy atom. The molecule has 0 aliphatic rings. The van der Waals surface area contributed by atoms with Crippen molar-refractivity contribution in [1.82, 2.24) is 4.72 Å². The lowest BCUT2D eigenvalue weighted by atomic mass is 10.0. The molecule has 0 atom stereocenters. The number of anilines is 2. The third kappa shape index (κ3) is 16.2. The highest BCUT2D eigenvalue weighted by molar-refractivity contribution is 7.90. The van der Waals surface area contributed by atoms with Crippen LogP contribution in [0, 0.1) is 0 Å². The second-order valence-corrected chi connectivity index (χ2v) is 12.6. The van der Waals surface area contributed by atoms with E-state index >= 15 is 0 Å². The van der Waals surface area contributed by atoms with Crippen molar-refractivity contribution in [2.45, 2.75) is 115 Å². The third-order valence-electron chi connectivity index (χ3n) is 7.22. The van der Waals surface area contributed by atoms with Crippen molar-refractivity contribution in [3.63, 3.8) is 0 Å². The van der Waals surface area contributed by atoms with Gasteiger partial charge in [-0.05, 0) is 55.0 Å². The first-order chi connectivity index (χ1) is 20.8. The van der Waals surface area contributed by atoms with E-state index in [4.69, 9.17) is 9.47 Å². The molecule has 9 nitrogen and oxygen atoms in total. The van der Waals surface area contributed by atoms with Crippen molar-refractivity contribution in [3.8, 4) is 5.75 Å². The molecule has 3 amide bonds. The number of hydrogen-bond donors (Lipinski definition) is 3. The molecule has 0 heterocycles. The van der Waals surface area contributed by atoms with Gasteiger partial charge in [-0.15, -0.1) is 0 Å². The minimum absolute atomic E-state index is 0.0684. The van der Waals surface area contributed by atoms with Gasteiger partial charge in [0.2, 0.25) is 0 Å². The molecule has 2 aromatic carbocycles. The van der Waals surface area contributed by atoms with Crippen LogP contribution in [0.2, 0.25) is 0 Å². The van der Waals surface area contributed by atoms with Crippen LogP contribution >= 0.6 is 0 Å². The van der Waals surface area contributed by atoms with Crippen molar-refractivity contribution >= 4 is 33.5 Å². The summed E-state index contributed by atoms with van der Waals surface area (Å²) in [7, 11) is -2.57. The zero-order chi connectivity index (χ0) is 31.2. The van der Waals surface area contributed by atoms with E-state index in [9.17, 15) is 18.0 Å². The zero-order valence-corrected chi connectivity index (χ0v) is 26.8. The van der Waals surface area contributed by atoms with Crippen LogP contribution in [0.1, 0.15) is 110 Å². The normalized spacial score (nSPS) is 11.1. The molecule has 3 N–H and O–H groups in total. The van der Waals surface area contributed by atoms with E-state index in [0.717, 1.165) is 19.3 Å². The topological polar surface area (TPSA) is 123 Å². The van der Waals surface area contributed by atoms with Crippen LogP contribution in [0.25, 0.3) is 0 Å². The molecule has 0 unspecified atom stereocenters. The number of benzene rings is 2. The standard InChI is InChI=1S/C33H51N3O6S/c1-3-4-5-6-7-8-9-10-11-12-13-14-15-16-17-18-27-42-33(38)35-29-21-19-28(20-22-29)34-32(37)36-43(39,40)31-25-23-30(41-2)24-26-31/h19-26H,3-18,27H2,1-2H3,(H,35,38)(H2,34,36,37). The first-order valence-corrected chi connectivity index (χ1v) is 17.3. The summed E-state index contributed by atoms with van der Waals surface area (Å²) in [5, 5.41) is 5.11. The molecule has 0 bridgehead atoms. The monoisotopic (exact) mass is 617 g/mol. The largest absolute Gasteiger partial charge is 0.497 e. The van der Waals surface area contributed by atoms with Crippen LogP contribution in [-0.2, 0) is 14.8 Å². The SMILES string of the molecule is CCCCCCCCCCCCCCCCCCOC(=O)Nc1ccc(NC(=O)NS(=O)(=O)c2ccc(OC)cc2)cc1. The highest BCUT2D eigenvalue weighted by Crippen LogP contribution is 2.17. The van der Waals surface area contributed by atoms with Gasteiger partial charge in [0.15, 0.2) is 0 Å². The Balaban J connectivity index is 1.49. The fourth-order valence-corrected chi connectivity index (χ4v) is 5.61. The fraction of sp³-hybridized carbons (Fsp3) is 0.576. The maximum absolute atomic E-state index is 12.4. The number of amides is 3. The lowest BCUT2D eigenvalue weighted by Crippen LogP contribution is -2.34. The van der Waals surface area contributed by atoms with Crippen molar-refractivity contribution in [2.24, 2.45) is 0 Å². The molecule has 0 saturated carbocycles. The van der Waals surface area contributed by atoms with E-state index in [1.54, 1.807) is 24.3 Å². The number of carbonyl (C=O) groups is 2. The Bertz CT molecular complexity index is 1150. The van der Waals surface area contributed by atoms with Crippen LogP contribution in [0.3, 0.4) is 0 Å². The predicted molar refractivity (Wildman–Crippen MR) is 173 cm³/mol. The number of sulfonamides is 1. The number of rotatable bonds is 22. The average Bonchev–Trinajstić information content (AvgIpc) is 2.99. The van der Waals surface area contributed by atoms with Crippen molar-refractivity contribution < 1.29 is 27.5 Å². The van der Waals surface area contributed by atoms with Gasteiger partial charge in [0.25, 0.3) is 10.0 Å². The van der Waals surface area contributed by atoms with Gasteiger partial charge < -0.3 is 14.8 Å². The maximum Gasteiger partial charge on any atom is 0.411 e. The lowest BCUT2D eigenvalue weighted by molar-refractivity contribution is 0.159. The number of hydrogen-bond acceptors (Lipinski definition) is 6. The van der Waals surface area contributed by atoms with Crippen molar-refractivity contribution in [1.29, 1.82) is 0 Å². The lowest BCUT2D eigenvalue weighted by Gasteiger charge is -2.10. The molecule has 2 rings (SSSR count). The number of nitrogens with one attached hydrogen (secondary N) is 3. The van der Waals surface area contributed by atoms with E-state index in [-0.39, 0.29) is 4.90 Å². The summed E-state index contributed by atoms with van der Waals surface area (Å²) in [5.41, 5.74) is 0.850. The summed E-state index contributed by atoms with van der Waals surface area (Å²) < 4.78 is 37.0. The molecule has 2 aromatic rings. The first-order valence-electron chi connectivity index (χ1n) is 15.9. The highest BCUT2D eigenvalue weighted by Gasteiger charge is 2.17. The van der Waals surface area contributed by atoms with Gasteiger partial charge in [-0.3, -0.25) is 5.32 Å². The molecule has 0 radical (unpaired) electrons. The summed E-state index contributed by atoms with van der Waals surface area (Å²) in [5.74, 6) is 0.501. The number of urea groups is 1. The van der Waals surface area contributed by atoms with Crippen LogP contribution in [0.5, 0.6) is 5.75 Å². The summed E-state index contributed by atoms with van der Waals surface area (Å²) >= 11 is 0. The average molecular weight is 618 g/mol. The number of methoxy groups -OCH3 is 1. The van der Waals surface area contributed by atoms with E-state index < -0.39 is 22.1 Å². The van der Waals surface area contributed by atoms with Crippen molar-refractivity contribution in [3.05, 3.63) is 48.5 Å². The Morgan fingerprint density at radius 1 is 0.628 bits per heavy atom. The highest BCUT2D eigenvalue weighted by atomic mass is 32.2. The van der Waals surface area contributed by atoms with Gasteiger partial charge in [0.05, 0.1) is 18.6 Å². The van der Waals surface area contributed by atoms with Crippen LogP contribution in [-0.4, -0.2) is 34.3 Å². The molecule has 0 aromatic heterocycles. The van der Waals surface area contributed by atoms with Crippen LogP contribution in [0.15, 0.2) is 53.4 Å². The van der Waals surface area contributed by atoms with E-state index in [0.29, 0.717) is 23.7 Å². The number of ether oxygens (including phenoxy) is 2. The van der Waals surface area contributed by atoms with Crippen molar-refractivity contribution in [2.75, 3.05) is 24.4 Å². The third-order valence-corrected chi connectivity index (χ3v) is 8.56. The predicted octanol–water partition coefficient (Wildman–Crippen LogP) is 9.02. The van der Waals surface area contributed by atoms with E-state index in [2.05, 4.69) is 17.6 Å². The maximum atomic E-state index is 12.4. The smallest absolute Gasteiger partial charge is 0.411 e. The van der Waals surface area contributed by atoms with Gasteiger partial charge in [0, 0.05) is 11.4 Å². The minimum atomic E-state index is -4.05. The minimum Gasteiger partial charge on any atom is -0.497 e. The molecular weight excluding hydrogens is 566 g/mol. The molecule has 0 aliphatic carbocycles. The van der Waals surface area contributed by atoms with Gasteiger partial charge in [-0.25, -0.2) is 22.7 Å². The Labute approximate surface area is 258 Å². The van der Waals surface area contributed by atoms with Gasteiger partial charge in [0.1, 0.15) is 5.75 Å². The molecular formula is C33H51N3O6S. The second-order valence-electron chi connectivity index (χ2n) is 10.9. The summed E-state index contributed by atoms with van der Waals surface area (Å²) in [4.78, 5) is 24.2. The molecule has 0 spiro atoms.